The molecule has 1 aliphatic heterocycles. The molecule has 58 valence electrons. The maximum absolute atomic E-state index is 10.6. The Morgan fingerprint density at radius 1 is 1.50 bits per heavy atom. The Bertz CT molecular complexity index is 248. The third-order valence-electron chi connectivity index (χ3n) is 1.28. The van der Waals surface area contributed by atoms with E-state index < -0.39 is 10.1 Å². The summed E-state index contributed by atoms with van der Waals surface area (Å²) in [5, 5.41) is 1.11. The van der Waals surface area contributed by atoms with Crippen LogP contribution in [0, 0.1) is 5.41 Å². The van der Waals surface area contributed by atoms with Gasteiger partial charge in [-0.3, -0.25) is 4.18 Å². The van der Waals surface area contributed by atoms with Gasteiger partial charge in [0.25, 0.3) is 10.1 Å². The molecule has 0 aromatic rings. The van der Waals surface area contributed by atoms with Crippen LogP contribution in [0.5, 0.6) is 0 Å². The van der Waals surface area contributed by atoms with E-state index in [-0.39, 0.29) is 12.0 Å². The van der Waals surface area contributed by atoms with E-state index in [1.54, 1.807) is 6.08 Å². The fourth-order valence-corrected chi connectivity index (χ4v) is 1.67. The Hall–Kier alpha value is -0.350. The zero-order valence-corrected chi connectivity index (χ0v) is 6.81. The second-order valence-electron chi connectivity index (χ2n) is 3.05. The second kappa shape index (κ2) is 2.07. The van der Waals surface area contributed by atoms with Crippen molar-refractivity contribution in [3.63, 3.8) is 0 Å². The highest BCUT2D eigenvalue weighted by Crippen LogP contribution is 2.23. The summed E-state index contributed by atoms with van der Waals surface area (Å²) in [4.78, 5) is 0. The molecule has 0 aromatic heterocycles. The van der Waals surface area contributed by atoms with Crippen molar-refractivity contribution < 1.29 is 12.6 Å². The first-order chi connectivity index (χ1) is 4.41. The lowest BCUT2D eigenvalue weighted by Crippen LogP contribution is -2.23. The summed E-state index contributed by atoms with van der Waals surface area (Å²) >= 11 is 0. The van der Waals surface area contributed by atoms with Crippen LogP contribution >= 0.6 is 0 Å². The molecule has 1 rings (SSSR count). The van der Waals surface area contributed by atoms with Crippen LogP contribution in [0.15, 0.2) is 11.5 Å². The second-order valence-corrected chi connectivity index (χ2v) is 4.54. The summed E-state index contributed by atoms with van der Waals surface area (Å²) in [6, 6.07) is 0. The highest BCUT2D eigenvalue weighted by Gasteiger charge is 2.23. The molecule has 0 N–H and O–H groups in total. The fraction of sp³-hybridized carbons (Fsp3) is 0.667. The molecule has 0 aliphatic carbocycles. The highest BCUT2D eigenvalue weighted by atomic mass is 32.2. The summed E-state index contributed by atoms with van der Waals surface area (Å²) in [7, 11) is -3.33. The third kappa shape index (κ3) is 1.82. The van der Waals surface area contributed by atoms with Gasteiger partial charge in [-0.15, -0.1) is 0 Å². The van der Waals surface area contributed by atoms with Crippen LogP contribution in [0.1, 0.15) is 13.8 Å². The molecule has 0 fully saturated rings. The molecule has 0 spiro atoms. The van der Waals surface area contributed by atoms with Crippen molar-refractivity contribution in [3.8, 4) is 0 Å². The summed E-state index contributed by atoms with van der Waals surface area (Å²) in [6.07, 6.45) is 1.64. The average Bonchev–Trinajstić information content (AvgIpc) is 1.79. The first kappa shape index (κ1) is 7.75. The largest absolute Gasteiger partial charge is 0.289 e. The molecule has 10 heavy (non-hydrogen) atoms. The topological polar surface area (TPSA) is 43.4 Å². The van der Waals surface area contributed by atoms with Crippen molar-refractivity contribution >= 4 is 10.1 Å². The number of hydrogen-bond acceptors (Lipinski definition) is 3. The zero-order chi connectivity index (χ0) is 7.83. The number of hydrogen-bond donors (Lipinski definition) is 0. The third-order valence-corrected chi connectivity index (χ3v) is 2.20. The molecule has 0 radical (unpaired) electrons. The smallest absolute Gasteiger partial charge is 0.266 e. The van der Waals surface area contributed by atoms with Crippen molar-refractivity contribution in [1.82, 2.24) is 0 Å². The van der Waals surface area contributed by atoms with Crippen LogP contribution in [0.2, 0.25) is 0 Å². The van der Waals surface area contributed by atoms with Gasteiger partial charge in [-0.2, -0.15) is 8.42 Å². The molecule has 3 nitrogen and oxygen atoms in total. The van der Waals surface area contributed by atoms with Gasteiger partial charge in [-0.05, 0) is 0 Å². The molecule has 4 heteroatoms. The first-order valence-corrected chi connectivity index (χ1v) is 4.47. The lowest BCUT2D eigenvalue weighted by molar-refractivity contribution is 0.223. The van der Waals surface area contributed by atoms with Crippen molar-refractivity contribution in [2.24, 2.45) is 5.41 Å². The summed E-state index contributed by atoms with van der Waals surface area (Å²) in [5.74, 6) is 0. The van der Waals surface area contributed by atoms with Crippen molar-refractivity contribution in [1.29, 1.82) is 0 Å². The summed E-state index contributed by atoms with van der Waals surface area (Å²) in [5.41, 5.74) is -0.147. The molecule has 1 heterocycles. The molecule has 0 saturated heterocycles. The Morgan fingerprint density at radius 3 is 2.40 bits per heavy atom. The predicted octanol–water partition coefficient (Wildman–Crippen LogP) is 0.886. The first-order valence-electron chi connectivity index (χ1n) is 3.00. The quantitative estimate of drug-likeness (QED) is 0.497. The molecule has 0 atom stereocenters. The van der Waals surface area contributed by atoms with Crippen LogP contribution in [0.4, 0.5) is 0 Å². The van der Waals surface area contributed by atoms with Gasteiger partial charge in [-0.1, -0.05) is 19.9 Å². The van der Waals surface area contributed by atoms with Crippen LogP contribution in [-0.4, -0.2) is 15.0 Å². The van der Waals surface area contributed by atoms with Gasteiger partial charge in [0.2, 0.25) is 0 Å². The number of rotatable bonds is 0. The molecule has 1 aliphatic rings. The minimum Gasteiger partial charge on any atom is -0.266 e. The van der Waals surface area contributed by atoms with Crippen LogP contribution in [0.25, 0.3) is 0 Å². The van der Waals surface area contributed by atoms with Crippen LogP contribution in [-0.2, 0) is 14.3 Å². The van der Waals surface area contributed by atoms with Crippen molar-refractivity contribution in [3.05, 3.63) is 11.5 Å². The molecular formula is C6H10O3S. The molecule has 0 bridgehead atoms. The SMILES string of the molecule is CC1(C)C=CS(=O)(=O)OC1. The van der Waals surface area contributed by atoms with E-state index in [9.17, 15) is 8.42 Å². The van der Waals surface area contributed by atoms with E-state index in [0.717, 1.165) is 5.41 Å². The molecular weight excluding hydrogens is 152 g/mol. The van der Waals surface area contributed by atoms with Gasteiger partial charge in [-0.25, -0.2) is 0 Å². The monoisotopic (exact) mass is 162 g/mol. The van der Waals surface area contributed by atoms with Crippen LogP contribution < -0.4 is 0 Å². The van der Waals surface area contributed by atoms with E-state index >= 15 is 0 Å². The van der Waals surface area contributed by atoms with Crippen LogP contribution in [0.3, 0.4) is 0 Å². The molecule has 0 amide bonds. The Labute approximate surface area is 60.8 Å². The molecule has 0 saturated carbocycles. The van der Waals surface area contributed by atoms with E-state index in [1.165, 1.54) is 0 Å². The lowest BCUT2D eigenvalue weighted by Gasteiger charge is -2.22. The maximum Gasteiger partial charge on any atom is 0.289 e. The van der Waals surface area contributed by atoms with E-state index in [2.05, 4.69) is 4.18 Å². The van der Waals surface area contributed by atoms with E-state index in [4.69, 9.17) is 0 Å². The standard InChI is InChI=1S/C6H10O3S/c1-6(2)3-4-10(7,8)9-5-6/h3-4H,5H2,1-2H3. The van der Waals surface area contributed by atoms with Crippen molar-refractivity contribution in [2.75, 3.05) is 6.61 Å². The van der Waals surface area contributed by atoms with Gasteiger partial charge in [0.15, 0.2) is 0 Å². The van der Waals surface area contributed by atoms with Gasteiger partial charge >= 0.3 is 0 Å². The lowest BCUT2D eigenvalue weighted by atomic mass is 9.96. The van der Waals surface area contributed by atoms with Crippen molar-refractivity contribution in [2.45, 2.75) is 13.8 Å². The predicted molar refractivity (Wildman–Crippen MR) is 37.8 cm³/mol. The fourth-order valence-electron chi connectivity index (χ4n) is 0.589. The van der Waals surface area contributed by atoms with E-state index in [1.807, 2.05) is 13.8 Å². The van der Waals surface area contributed by atoms with E-state index in [0.29, 0.717) is 0 Å². The Balaban J connectivity index is 2.91. The Kier molecular flexibility index (Phi) is 1.60. The molecule has 0 unspecified atom stereocenters. The van der Waals surface area contributed by atoms with Gasteiger partial charge in [0.05, 0.1) is 12.0 Å². The van der Waals surface area contributed by atoms with Gasteiger partial charge in [0.1, 0.15) is 0 Å². The van der Waals surface area contributed by atoms with Gasteiger partial charge in [0, 0.05) is 5.41 Å². The Morgan fingerprint density at radius 2 is 2.10 bits per heavy atom. The minimum atomic E-state index is -3.33. The summed E-state index contributed by atoms with van der Waals surface area (Å²) in [6.45, 7) is 4.07. The van der Waals surface area contributed by atoms with Gasteiger partial charge < -0.3 is 0 Å². The zero-order valence-electron chi connectivity index (χ0n) is 5.99. The highest BCUT2D eigenvalue weighted by molar-refractivity contribution is 7.89. The average molecular weight is 162 g/mol. The molecule has 0 aromatic carbocycles. The summed E-state index contributed by atoms with van der Waals surface area (Å²) < 4.78 is 25.8. The maximum atomic E-state index is 10.6. The minimum absolute atomic E-state index is 0.147. The normalized spacial score (nSPS) is 28.2.